The molecule has 0 amide bonds. The van der Waals surface area contributed by atoms with Crippen LogP contribution < -0.4 is 11.3 Å². The maximum Gasteiger partial charge on any atom is 0.0787 e. The highest BCUT2D eigenvalue weighted by molar-refractivity contribution is 5.30. The summed E-state index contributed by atoms with van der Waals surface area (Å²) >= 11 is 0. The molecular weight excluding hydrogens is 236 g/mol. The first kappa shape index (κ1) is 13.1. The van der Waals surface area contributed by atoms with Gasteiger partial charge in [0.05, 0.1) is 18.2 Å². The zero-order chi connectivity index (χ0) is 13.2. The van der Waals surface area contributed by atoms with Crippen LogP contribution in [0.4, 0.5) is 0 Å². The summed E-state index contributed by atoms with van der Waals surface area (Å²) in [5.41, 5.74) is 5.70. The Hall–Kier alpha value is -0.900. The van der Waals surface area contributed by atoms with Crippen LogP contribution in [-0.2, 0) is 4.74 Å². The SMILES string of the molecule is CC1CCC(C(NN)c2cccc(C3CCC3)c2)O1. The van der Waals surface area contributed by atoms with E-state index >= 15 is 0 Å². The minimum absolute atomic E-state index is 0.116. The molecule has 1 aliphatic heterocycles. The largest absolute Gasteiger partial charge is 0.373 e. The van der Waals surface area contributed by atoms with Crippen molar-refractivity contribution in [1.82, 2.24) is 5.43 Å². The fraction of sp³-hybridized carbons (Fsp3) is 0.625. The second-order valence-electron chi connectivity index (χ2n) is 6.00. The van der Waals surface area contributed by atoms with E-state index in [4.69, 9.17) is 10.6 Å². The fourth-order valence-electron chi connectivity index (χ4n) is 3.24. The molecule has 2 aliphatic rings. The lowest BCUT2D eigenvalue weighted by atomic mass is 9.79. The van der Waals surface area contributed by atoms with Crippen LogP contribution in [0.15, 0.2) is 24.3 Å². The molecule has 1 aromatic carbocycles. The van der Waals surface area contributed by atoms with E-state index in [0.29, 0.717) is 6.10 Å². The molecule has 3 nitrogen and oxygen atoms in total. The third-order valence-corrected chi connectivity index (χ3v) is 4.66. The quantitative estimate of drug-likeness (QED) is 0.646. The summed E-state index contributed by atoms with van der Waals surface area (Å²) in [5.74, 6) is 6.54. The van der Waals surface area contributed by atoms with Gasteiger partial charge in [-0.05, 0) is 49.7 Å². The Bertz CT molecular complexity index is 431. The van der Waals surface area contributed by atoms with E-state index in [-0.39, 0.29) is 12.1 Å². The molecule has 3 atom stereocenters. The molecule has 2 fully saturated rings. The normalized spacial score (nSPS) is 29.2. The van der Waals surface area contributed by atoms with Gasteiger partial charge in [-0.25, -0.2) is 0 Å². The number of hydrogen-bond donors (Lipinski definition) is 2. The molecule has 104 valence electrons. The van der Waals surface area contributed by atoms with Gasteiger partial charge in [0.15, 0.2) is 0 Å². The molecule has 1 saturated carbocycles. The first-order valence-corrected chi connectivity index (χ1v) is 7.49. The number of nitrogens with two attached hydrogens (primary N) is 1. The third-order valence-electron chi connectivity index (χ3n) is 4.66. The van der Waals surface area contributed by atoms with Crippen molar-refractivity contribution in [2.75, 3.05) is 0 Å². The van der Waals surface area contributed by atoms with Crippen molar-refractivity contribution in [2.24, 2.45) is 5.84 Å². The predicted octanol–water partition coefficient (Wildman–Crippen LogP) is 3.03. The Balaban J connectivity index is 1.78. The highest BCUT2D eigenvalue weighted by Gasteiger charge is 2.30. The summed E-state index contributed by atoms with van der Waals surface area (Å²) in [6.07, 6.45) is 6.82. The van der Waals surface area contributed by atoms with Crippen LogP contribution in [0.5, 0.6) is 0 Å². The topological polar surface area (TPSA) is 47.3 Å². The van der Waals surface area contributed by atoms with Gasteiger partial charge in [0, 0.05) is 0 Å². The van der Waals surface area contributed by atoms with E-state index in [2.05, 4.69) is 36.6 Å². The van der Waals surface area contributed by atoms with Crippen molar-refractivity contribution >= 4 is 0 Å². The maximum absolute atomic E-state index is 5.97. The molecule has 0 spiro atoms. The van der Waals surface area contributed by atoms with Gasteiger partial charge in [0.2, 0.25) is 0 Å². The fourth-order valence-corrected chi connectivity index (χ4v) is 3.24. The van der Waals surface area contributed by atoms with Gasteiger partial charge in [-0.15, -0.1) is 0 Å². The predicted molar refractivity (Wildman–Crippen MR) is 76.7 cm³/mol. The van der Waals surface area contributed by atoms with E-state index in [9.17, 15) is 0 Å². The second-order valence-corrected chi connectivity index (χ2v) is 6.00. The molecule has 3 rings (SSSR count). The lowest BCUT2D eigenvalue weighted by molar-refractivity contribution is 0.0316. The molecule has 3 heteroatoms. The molecule has 0 bridgehead atoms. The first-order chi connectivity index (χ1) is 9.28. The lowest BCUT2D eigenvalue weighted by Crippen LogP contribution is -2.36. The first-order valence-electron chi connectivity index (χ1n) is 7.49. The highest BCUT2D eigenvalue weighted by atomic mass is 16.5. The highest BCUT2D eigenvalue weighted by Crippen LogP contribution is 2.38. The van der Waals surface area contributed by atoms with E-state index < -0.39 is 0 Å². The van der Waals surface area contributed by atoms with Crippen molar-refractivity contribution in [2.45, 2.75) is 63.2 Å². The van der Waals surface area contributed by atoms with Crippen LogP contribution in [0.2, 0.25) is 0 Å². The van der Waals surface area contributed by atoms with Crippen molar-refractivity contribution in [3.8, 4) is 0 Å². The zero-order valence-electron chi connectivity index (χ0n) is 11.6. The molecule has 0 radical (unpaired) electrons. The summed E-state index contributed by atoms with van der Waals surface area (Å²) in [6.45, 7) is 2.14. The Morgan fingerprint density at radius 3 is 2.68 bits per heavy atom. The van der Waals surface area contributed by atoms with Crippen LogP contribution in [0.25, 0.3) is 0 Å². The van der Waals surface area contributed by atoms with Gasteiger partial charge in [-0.3, -0.25) is 11.3 Å². The van der Waals surface area contributed by atoms with Crippen LogP contribution in [-0.4, -0.2) is 12.2 Å². The lowest BCUT2D eigenvalue weighted by Gasteiger charge is -2.28. The van der Waals surface area contributed by atoms with Crippen molar-refractivity contribution < 1.29 is 4.74 Å². The standard InChI is InChI=1S/C16H24N2O/c1-11-8-9-15(19-11)16(18-17)14-7-3-6-13(10-14)12-4-2-5-12/h3,6-7,10-12,15-16,18H,2,4-5,8-9,17H2,1H3. The maximum atomic E-state index is 5.97. The average molecular weight is 260 g/mol. The molecule has 0 aromatic heterocycles. The Morgan fingerprint density at radius 1 is 1.26 bits per heavy atom. The minimum Gasteiger partial charge on any atom is -0.373 e. The van der Waals surface area contributed by atoms with Gasteiger partial charge < -0.3 is 4.74 Å². The van der Waals surface area contributed by atoms with E-state index in [0.717, 1.165) is 18.8 Å². The van der Waals surface area contributed by atoms with Crippen molar-refractivity contribution in [3.63, 3.8) is 0 Å². The number of nitrogens with one attached hydrogen (secondary N) is 1. The Kier molecular flexibility index (Phi) is 3.87. The molecular formula is C16H24N2O. The van der Waals surface area contributed by atoms with Crippen LogP contribution in [0.3, 0.4) is 0 Å². The molecule has 3 unspecified atom stereocenters. The van der Waals surface area contributed by atoms with E-state index in [1.54, 1.807) is 0 Å². The average Bonchev–Trinajstić information content (AvgIpc) is 2.75. The summed E-state index contributed by atoms with van der Waals surface area (Å²) in [6, 6.07) is 9.01. The van der Waals surface area contributed by atoms with Crippen molar-refractivity contribution in [1.29, 1.82) is 0 Å². The smallest absolute Gasteiger partial charge is 0.0787 e. The van der Waals surface area contributed by atoms with Gasteiger partial charge in [0.1, 0.15) is 0 Å². The summed E-state index contributed by atoms with van der Waals surface area (Å²) < 4.78 is 5.97. The van der Waals surface area contributed by atoms with Gasteiger partial charge in [-0.1, -0.05) is 30.7 Å². The number of hydrogen-bond acceptors (Lipinski definition) is 3. The van der Waals surface area contributed by atoms with E-state index in [1.165, 1.54) is 30.4 Å². The van der Waals surface area contributed by atoms with Crippen LogP contribution in [0.1, 0.15) is 62.1 Å². The summed E-state index contributed by atoms with van der Waals surface area (Å²) in [7, 11) is 0. The number of hydrazine groups is 1. The molecule has 1 aromatic rings. The summed E-state index contributed by atoms with van der Waals surface area (Å²) in [4.78, 5) is 0. The number of ether oxygens (including phenoxy) is 1. The molecule has 1 heterocycles. The number of rotatable bonds is 4. The van der Waals surface area contributed by atoms with Gasteiger partial charge in [-0.2, -0.15) is 0 Å². The monoisotopic (exact) mass is 260 g/mol. The molecule has 1 aliphatic carbocycles. The Labute approximate surface area is 115 Å². The second kappa shape index (κ2) is 5.61. The number of benzene rings is 1. The Morgan fingerprint density at radius 2 is 2.11 bits per heavy atom. The zero-order valence-corrected chi connectivity index (χ0v) is 11.6. The van der Waals surface area contributed by atoms with Crippen LogP contribution in [0, 0.1) is 0 Å². The summed E-state index contributed by atoms with van der Waals surface area (Å²) in [5, 5.41) is 0. The van der Waals surface area contributed by atoms with Gasteiger partial charge in [0.25, 0.3) is 0 Å². The molecule has 19 heavy (non-hydrogen) atoms. The van der Waals surface area contributed by atoms with E-state index in [1.807, 2.05) is 0 Å². The third kappa shape index (κ3) is 2.69. The van der Waals surface area contributed by atoms with Crippen LogP contribution >= 0.6 is 0 Å². The molecule has 3 N–H and O–H groups in total. The minimum atomic E-state index is 0.116. The van der Waals surface area contributed by atoms with Crippen molar-refractivity contribution in [3.05, 3.63) is 35.4 Å². The van der Waals surface area contributed by atoms with Gasteiger partial charge >= 0.3 is 0 Å². The molecule has 1 saturated heterocycles.